The monoisotopic (exact) mass is 326 g/mol. The first-order chi connectivity index (χ1) is 10.0. The summed E-state index contributed by atoms with van der Waals surface area (Å²) in [4.78, 5) is 0. The van der Waals surface area contributed by atoms with E-state index in [4.69, 9.17) is 32.7 Å². The van der Waals surface area contributed by atoms with Gasteiger partial charge >= 0.3 is 0 Å². The summed E-state index contributed by atoms with van der Waals surface area (Å²) in [5, 5.41) is 11.0. The van der Waals surface area contributed by atoms with Gasteiger partial charge in [0.25, 0.3) is 0 Å². The number of benzene rings is 2. The second-order valence-electron chi connectivity index (χ2n) is 4.60. The summed E-state index contributed by atoms with van der Waals surface area (Å²) in [6.07, 6.45) is -0.638. The van der Waals surface area contributed by atoms with Crippen molar-refractivity contribution in [2.75, 3.05) is 7.11 Å². The molecule has 0 heterocycles. The van der Waals surface area contributed by atoms with Gasteiger partial charge in [0, 0.05) is 27.2 Å². The van der Waals surface area contributed by atoms with Crippen molar-refractivity contribution >= 4 is 23.2 Å². The van der Waals surface area contributed by atoms with Gasteiger partial charge in [0.05, 0.1) is 13.2 Å². The van der Waals surface area contributed by atoms with Gasteiger partial charge in [-0.3, -0.25) is 0 Å². The maximum atomic E-state index is 9.80. The molecule has 0 amide bonds. The molecule has 1 atom stereocenters. The highest BCUT2D eigenvalue weighted by Gasteiger charge is 2.12. The van der Waals surface area contributed by atoms with Crippen LogP contribution in [0, 0.1) is 0 Å². The molecule has 2 aromatic rings. The summed E-state index contributed by atoms with van der Waals surface area (Å²) in [6, 6.07) is 10.5. The van der Waals surface area contributed by atoms with E-state index in [9.17, 15) is 5.11 Å². The molecule has 3 nitrogen and oxygen atoms in total. The van der Waals surface area contributed by atoms with Gasteiger partial charge in [-0.2, -0.15) is 0 Å². The Morgan fingerprint density at radius 1 is 1.14 bits per heavy atom. The lowest BCUT2D eigenvalue weighted by Gasteiger charge is -2.15. The fraction of sp³-hybridized carbons (Fsp3) is 0.250. The van der Waals surface area contributed by atoms with E-state index < -0.39 is 6.10 Å². The van der Waals surface area contributed by atoms with Crippen LogP contribution in [0.2, 0.25) is 10.0 Å². The van der Waals surface area contributed by atoms with E-state index in [1.54, 1.807) is 50.4 Å². The lowest BCUT2D eigenvalue weighted by atomic mass is 10.1. The lowest BCUT2D eigenvalue weighted by molar-refractivity contribution is 0.190. The standard InChI is InChI=1S/C16H16Cl2O3/c1-10(19)14-5-4-13(20-2)8-16(14)21-9-11-7-12(17)3-6-15(11)18/h3-8,10,19H,9H2,1-2H3/t10-/m0/s1. The summed E-state index contributed by atoms with van der Waals surface area (Å²) >= 11 is 12.1. The Morgan fingerprint density at radius 3 is 2.57 bits per heavy atom. The van der Waals surface area contributed by atoms with Crippen LogP contribution in [0.4, 0.5) is 0 Å². The molecule has 0 aliphatic heterocycles. The number of aliphatic hydroxyl groups excluding tert-OH is 1. The minimum Gasteiger partial charge on any atom is -0.497 e. The van der Waals surface area contributed by atoms with Crippen molar-refractivity contribution in [3.05, 3.63) is 57.6 Å². The van der Waals surface area contributed by atoms with Crippen molar-refractivity contribution in [2.45, 2.75) is 19.6 Å². The van der Waals surface area contributed by atoms with Gasteiger partial charge in [-0.05, 0) is 37.3 Å². The molecular weight excluding hydrogens is 311 g/mol. The summed E-state index contributed by atoms with van der Waals surface area (Å²) in [7, 11) is 1.58. The van der Waals surface area contributed by atoms with Crippen LogP contribution >= 0.6 is 23.2 Å². The van der Waals surface area contributed by atoms with Crippen molar-refractivity contribution in [3.8, 4) is 11.5 Å². The molecule has 0 unspecified atom stereocenters. The van der Waals surface area contributed by atoms with Crippen LogP contribution in [0.1, 0.15) is 24.2 Å². The van der Waals surface area contributed by atoms with Gasteiger partial charge in [0.2, 0.25) is 0 Å². The van der Waals surface area contributed by atoms with Crippen LogP contribution in [-0.2, 0) is 6.61 Å². The quantitative estimate of drug-likeness (QED) is 0.870. The van der Waals surface area contributed by atoms with Gasteiger partial charge in [-0.25, -0.2) is 0 Å². The fourth-order valence-corrected chi connectivity index (χ4v) is 2.29. The topological polar surface area (TPSA) is 38.7 Å². The average Bonchev–Trinajstić information content (AvgIpc) is 2.47. The highest BCUT2D eigenvalue weighted by molar-refractivity contribution is 6.33. The summed E-state index contributed by atoms with van der Waals surface area (Å²) in [5.74, 6) is 1.21. The summed E-state index contributed by atoms with van der Waals surface area (Å²) < 4.78 is 11.0. The number of methoxy groups -OCH3 is 1. The van der Waals surface area contributed by atoms with Crippen LogP contribution in [0.5, 0.6) is 11.5 Å². The Balaban J connectivity index is 2.24. The fourth-order valence-electron chi connectivity index (χ4n) is 1.92. The zero-order chi connectivity index (χ0) is 15.4. The van der Waals surface area contributed by atoms with E-state index in [2.05, 4.69) is 0 Å². The zero-order valence-corrected chi connectivity index (χ0v) is 13.3. The molecule has 0 saturated heterocycles. The molecule has 2 aromatic carbocycles. The molecule has 0 aromatic heterocycles. The second-order valence-corrected chi connectivity index (χ2v) is 5.45. The molecule has 0 saturated carbocycles. The summed E-state index contributed by atoms with van der Waals surface area (Å²) in [6.45, 7) is 1.94. The molecule has 0 fully saturated rings. The van der Waals surface area contributed by atoms with Gasteiger partial charge in [0.15, 0.2) is 0 Å². The first-order valence-corrected chi connectivity index (χ1v) is 7.19. The largest absolute Gasteiger partial charge is 0.497 e. The lowest BCUT2D eigenvalue weighted by Crippen LogP contribution is -2.02. The molecule has 5 heteroatoms. The molecule has 0 bridgehead atoms. The number of ether oxygens (including phenoxy) is 2. The van der Waals surface area contributed by atoms with E-state index in [0.717, 1.165) is 5.56 Å². The second kappa shape index (κ2) is 7.03. The Morgan fingerprint density at radius 2 is 1.90 bits per heavy atom. The minimum atomic E-state index is -0.638. The van der Waals surface area contributed by atoms with Crippen LogP contribution in [0.3, 0.4) is 0 Å². The van der Waals surface area contributed by atoms with E-state index in [-0.39, 0.29) is 6.61 Å². The number of hydrogen-bond acceptors (Lipinski definition) is 3. The van der Waals surface area contributed by atoms with E-state index in [0.29, 0.717) is 27.1 Å². The molecule has 2 rings (SSSR count). The molecule has 0 aliphatic rings. The maximum absolute atomic E-state index is 9.80. The van der Waals surface area contributed by atoms with Crippen LogP contribution in [0.25, 0.3) is 0 Å². The highest BCUT2D eigenvalue weighted by atomic mass is 35.5. The molecule has 0 spiro atoms. The van der Waals surface area contributed by atoms with Gasteiger partial charge in [0.1, 0.15) is 18.1 Å². The number of rotatable bonds is 5. The van der Waals surface area contributed by atoms with Crippen molar-refractivity contribution in [3.63, 3.8) is 0 Å². The third kappa shape index (κ3) is 4.03. The van der Waals surface area contributed by atoms with Gasteiger partial charge in [-0.15, -0.1) is 0 Å². The highest BCUT2D eigenvalue weighted by Crippen LogP contribution is 2.31. The third-order valence-electron chi connectivity index (χ3n) is 3.06. The number of aliphatic hydroxyl groups is 1. The van der Waals surface area contributed by atoms with E-state index >= 15 is 0 Å². The first-order valence-electron chi connectivity index (χ1n) is 6.44. The molecule has 1 N–H and O–H groups in total. The van der Waals surface area contributed by atoms with Crippen molar-refractivity contribution in [2.24, 2.45) is 0 Å². The van der Waals surface area contributed by atoms with Gasteiger partial charge in [-0.1, -0.05) is 23.2 Å². The predicted molar refractivity (Wildman–Crippen MR) is 84.4 cm³/mol. The minimum absolute atomic E-state index is 0.256. The third-order valence-corrected chi connectivity index (χ3v) is 3.67. The smallest absolute Gasteiger partial charge is 0.129 e. The van der Waals surface area contributed by atoms with E-state index in [1.807, 2.05) is 0 Å². The van der Waals surface area contributed by atoms with Crippen molar-refractivity contribution in [1.29, 1.82) is 0 Å². The van der Waals surface area contributed by atoms with Gasteiger partial charge < -0.3 is 14.6 Å². The van der Waals surface area contributed by atoms with E-state index in [1.165, 1.54) is 0 Å². The Bertz CT molecular complexity index is 627. The predicted octanol–water partition coefficient (Wildman–Crippen LogP) is 4.63. The Labute approximate surface area is 134 Å². The maximum Gasteiger partial charge on any atom is 0.129 e. The zero-order valence-electron chi connectivity index (χ0n) is 11.8. The Hall–Kier alpha value is -1.42. The van der Waals surface area contributed by atoms with Crippen molar-refractivity contribution < 1.29 is 14.6 Å². The average molecular weight is 327 g/mol. The van der Waals surface area contributed by atoms with Crippen LogP contribution < -0.4 is 9.47 Å². The first kappa shape index (κ1) is 16.0. The normalized spacial score (nSPS) is 12.0. The van der Waals surface area contributed by atoms with Crippen LogP contribution in [-0.4, -0.2) is 12.2 Å². The number of halogens is 2. The summed E-state index contributed by atoms with van der Waals surface area (Å²) in [5.41, 5.74) is 1.47. The van der Waals surface area contributed by atoms with Crippen molar-refractivity contribution in [1.82, 2.24) is 0 Å². The molecule has 112 valence electrons. The molecule has 0 aliphatic carbocycles. The number of hydrogen-bond donors (Lipinski definition) is 1. The molecule has 21 heavy (non-hydrogen) atoms. The molecular formula is C16H16Cl2O3. The molecule has 0 radical (unpaired) electrons. The van der Waals surface area contributed by atoms with Crippen LogP contribution in [0.15, 0.2) is 36.4 Å². The Kier molecular flexibility index (Phi) is 5.34. The SMILES string of the molecule is COc1ccc([C@H](C)O)c(OCc2cc(Cl)ccc2Cl)c1.